The molecule has 0 spiro atoms. The van der Waals surface area contributed by atoms with Crippen molar-refractivity contribution in [1.29, 1.82) is 0 Å². The Kier molecular flexibility index (Phi) is 4.75. The lowest BCUT2D eigenvalue weighted by atomic mass is 10.0. The number of hydrogen-bond acceptors (Lipinski definition) is 3. The number of aryl methyl sites for hydroxylation is 1. The van der Waals surface area contributed by atoms with Crippen molar-refractivity contribution in [3.05, 3.63) is 35.4 Å². The summed E-state index contributed by atoms with van der Waals surface area (Å²) in [4.78, 5) is 4.90. The minimum atomic E-state index is 0.134. The molecule has 1 aliphatic heterocycles. The van der Waals surface area contributed by atoms with Gasteiger partial charge in [-0.3, -0.25) is 0 Å². The monoisotopic (exact) mass is 247 g/mol. The average molecular weight is 247 g/mol. The van der Waals surface area contributed by atoms with E-state index in [0.29, 0.717) is 0 Å². The van der Waals surface area contributed by atoms with E-state index in [1.54, 1.807) is 0 Å². The molecular formula is C15H25N3. The predicted octanol–water partition coefficient (Wildman–Crippen LogP) is 1.63. The molecule has 1 fully saturated rings. The Bertz CT molecular complexity index is 378. The van der Waals surface area contributed by atoms with E-state index < -0.39 is 0 Å². The Labute approximate surface area is 111 Å². The van der Waals surface area contributed by atoms with E-state index >= 15 is 0 Å². The van der Waals surface area contributed by atoms with E-state index in [4.69, 9.17) is 5.73 Å². The van der Waals surface area contributed by atoms with Gasteiger partial charge in [-0.2, -0.15) is 0 Å². The first kappa shape index (κ1) is 13.5. The standard InChI is InChI=1S/C15H25N3/c1-13-6-3-4-7-14(13)15(16)12-18-9-5-8-17(2)10-11-18/h3-4,6-7,15H,5,8-12,16H2,1-2H3. The second-order valence-corrected chi connectivity index (χ2v) is 5.42. The van der Waals surface area contributed by atoms with Crippen LogP contribution in [-0.2, 0) is 0 Å². The number of nitrogens with two attached hydrogens (primary N) is 1. The molecule has 1 unspecified atom stereocenters. The van der Waals surface area contributed by atoms with Crippen molar-refractivity contribution in [3.63, 3.8) is 0 Å². The van der Waals surface area contributed by atoms with Gasteiger partial charge in [-0.25, -0.2) is 0 Å². The first-order valence-corrected chi connectivity index (χ1v) is 6.89. The number of likely N-dealkylation sites (N-methyl/N-ethyl adjacent to an activating group) is 1. The Morgan fingerprint density at radius 3 is 2.72 bits per heavy atom. The van der Waals surface area contributed by atoms with Gasteiger partial charge in [-0.1, -0.05) is 24.3 Å². The molecule has 3 heteroatoms. The maximum Gasteiger partial charge on any atom is 0.0426 e. The lowest BCUT2D eigenvalue weighted by Crippen LogP contribution is -2.35. The Morgan fingerprint density at radius 2 is 1.94 bits per heavy atom. The summed E-state index contributed by atoms with van der Waals surface area (Å²) < 4.78 is 0. The lowest BCUT2D eigenvalue weighted by Gasteiger charge is -2.25. The topological polar surface area (TPSA) is 32.5 Å². The average Bonchev–Trinajstić information content (AvgIpc) is 2.55. The van der Waals surface area contributed by atoms with Gasteiger partial charge in [0.2, 0.25) is 0 Å². The predicted molar refractivity (Wildman–Crippen MR) is 76.7 cm³/mol. The molecule has 2 N–H and O–H groups in total. The van der Waals surface area contributed by atoms with Crippen LogP contribution in [0.4, 0.5) is 0 Å². The van der Waals surface area contributed by atoms with Crippen molar-refractivity contribution in [2.75, 3.05) is 39.8 Å². The molecule has 0 bridgehead atoms. The minimum absolute atomic E-state index is 0.134. The molecule has 0 radical (unpaired) electrons. The SMILES string of the molecule is Cc1ccccc1C(N)CN1CCCN(C)CC1. The highest BCUT2D eigenvalue weighted by molar-refractivity contribution is 5.28. The van der Waals surface area contributed by atoms with Crippen molar-refractivity contribution in [3.8, 4) is 0 Å². The van der Waals surface area contributed by atoms with E-state index in [1.165, 1.54) is 30.6 Å². The smallest absolute Gasteiger partial charge is 0.0426 e. The molecular weight excluding hydrogens is 222 g/mol. The summed E-state index contributed by atoms with van der Waals surface area (Å²) in [6.07, 6.45) is 1.25. The van der Waals surface area contributed by atoms with Crippen molar-refractivity contribution >= 4 is 0 Å². The zero-order chi connectivity index (χ0) is 13.0. The molecule has 0 aliphatic carbocycles. The van der Waals surface area contributed by atoms with Crippen LogP contribution in [0, 0.1) is 6.92 Å². The van der Waals surface area contributed by atoms with Gasteiger partial charge in [0.05, 0.1) is 0 Å². The third-order valence-corrected chi connectivity index (χ3v) is 3.85. The molecule has 18 heavy (non-hydrogen) atoms. The van der Waals surface area contributed by atoms with E-state index in [9.17, 15) is 0 Å². The molecule has 1 aromatic carbocycles. The molecule has 100 valence electrons. The quantitative estimate of drug-likeness (QED) is 0.881. The summed E-state index contributed by atoms with van der Waals surface area (Å²) in [5, 5.41) is 0. The molecule has 1 aliphatic rings. The summed E-state index contributed by atoms with van der Waals surface area (Å²) >= 11 is 0. The van der Waals surface area contributed by atoms with Gasteiger partial charge in [0, 0.05) is 25.7 Å². The first-order chi connectivity index (χ1) is 8.66. The Balaban J connectivity index is 1.94. The zero-order valence-corrected chi connectivity index (χ0v) is 11.6. The van der Waals surface area contributed by atoms with E-state index in [1.807, 2.05) is 0 Å². The number of rotatable bonds is 3. The fourth-order valence-corrected chi connectivity index (χ4v) is 2.66. The van der Waals surface area contributed by atoms with Gasteiger partial charge in [-0.15, -0.1) is 0 Å². The maximum atomic E-state index is 6.36. The van der Waals surface area contributed by atoms with Crippen LogP contribution < -0.4 is 5.73 Å². The van der Waals surface area contributed by atoms with Crippen molar-refractivity contribution < 1.29 is 0 Å². The van der Waals surface area contributed by atoms with Crippen LogP contribution in [-0.4, -0.2) is 49.6 Å². The van der Waals surface area contributed by atoms with Gasteiger partial charge in [0.15, 0.2) is 0 Å². The molecule has 3 nitrogen and oxygen atoms in total. The van der Waals surface area contributed by atoms with Gasteiger partial charge < -0.3 is 15.5 Å². The van der Waals surface area contributed by atoms with E-state index in [2.05, 4.69) is 48.0 Å². The summed E-state index contributed by atoms with van der Waals surface area (Å²) in [5.74, 6) is 0. The Morgan fingerprint density at radius 1 is 1.17 bits per heavy atom. The van der Waals surface area contributed by atoms with E-state index in [-0.39, 0.29) is 6.04 Å². The highest BCUT2D eigenvalue weighted by atomic mass is 15.2. The molecule has 0 aromatic heterocycles. The fourth-order valence-electron chi connectivity index (χ4n) is 2.66. The van der Waals surface area contributed by atoms with Gasteiger partial charge in [0.25, 0.3) is 0 Å². The summed E-state index contributed by atoms with van der Waals surface area (Å²) in [6.45, 7) is 7.78. The highest BCUT2D eigenvalue weighted by Gasteiger charge is 2.16. The van der Waals surface area contributed by atoms with Gasteiger partial charge in [-0.05, 0) is 44.6 Å². The van der Waals surface area contributed by atoms with Crippen LogP contribution in [0.3, 0.4) is 0 Å². The normalized spacial score (nSPS) is 20.6. The molecule has 1 aromatic rings. The minimum Gasteiger partial charge on any atom is -0.323 e. The summed E-state index contributed by atoms with van der Waals surface area (Å²) in [5.41, 5.74) is 8.95. The van der Waals surface area contributed by atoms with Crippen LogP contribution in [0.5, 0.6) is 0 Å². The second-order valence-electron chi connectivity index (χ2n) is 5.42. The van der Waals surface area contributed by atoms with Gasteiger partial charge in [0.1, 0.15) is 0 Å². The Hall–Kier alpha value is -0.900. The first-order valence-electron chi connectivity index (χ1n) is 6.89. The van der Waals surface area contributed by atoms with Crippen LogP contribution in [0.25, 0.3) is 0 Å². The molecule has 0 saturated carbocycles. The number of benzene rings is 1. The van der Waals surface area contributed by atoms with Crippen LogP contribution in [0.15, 0.2) is 24.3 Å². The second kappa shape index (κ2) is 6.32. The van der Waals surface area contributed by atoms with Gasteiger partial charge >= 0.3 is 0 Å². The van der Waals surface area contributed by atoms with Crippen LogP contribution in [0.1, 0.15) is 23.6 Å². The van der Waals surface area contributed by atoms with Crippen LogP contribution >= 0.6 is 0 Å². The molecule has 0 amide bonds. The number of hydrogen-bond donors (Lipinski definition) is 1. The molecule has 1 heterocycles. The number of nitrogens with zero attached hydrogens (tertiary/aromatic N) is 2. The summed E-state index contributed by atoms with van der Waals surface area (Å²) in [7, 11) is 2.20. The highest BCUT2D eigenvalue weighted by Crippen LogP contribution is 2.16. The van der Waals surface area contributed by atoms with Crippen molar-refractivity contribution in [2.45, 2.75) is 19.4 Å². The summed E-state index contributed by atoms with van der Waals surface area (Å²) in [6, 6.07) is 8.59. The fraction of sp³-hybridized carbons (Fsp3) is 0.600. The molecule has 2 rings (SSSR count). The zero-order valence-electron chi connectivity index (χ0n) is 11.6. The third-order valence-electron chi connectivity index (χ3n) is 3.85. The maximum absolute atomic E-state index is 6.36. The van der Waals surface area contributed by atoms with E-state index in [0.717, 1.165) is 19.6 Å². The van der Waals surface area contributed by atoms with Crippen molar-refractivity contribution in [2.24, 2.45) is 5.73 Å². The van der Waals surface area contributed by atoms with Crippen LogP contribution in [0.2, 0.25) is 0 Å². The third kappa shape index (κ3) is 3.55. The lowest BCUT2D eigenvalue weighted by molar-refractivity contribution is 0.261. The molecule has 1 saturated heterocycles. The largest absolute Gasteiger partial charge is 0.323 e. The van der Waals surface area contributed by atoms with Crippen molar-refractivity contribution in [1.82, 2.24) is 9.80 Å². The molecule has 1 atom stereocenters.